The van der Waals surface area contributed by atoms with Gasteiger partial charge in [-0.25, -0.2) is 4.79 Å². The van der Waals surface area contributed by atoms with Crippen LogP contribution in [-0.2, 0) is 17.9 Å². The van der Waals surface area contributed by atoms with E-state index in [1.165, 1.54) is 0 Å². The van der Waals surface area contributed by atoms with Crippen LogP contribution in [-0.4, -0.2) is 37.3 Å². The number of carbonyl (C=O) groups excluding carboxylic acids is 1. The van der Waals surface area contributed by atoms with Gasteiger partial charge in [0.1, 0.15) is 12.4 Å². The molecule has 2 heterocycles. The fourth-order valence-corrected chi connectivity index (χ4v) is 3.35. The van der Waals surface area contributed by atoms with Crippen molar-refractivity contribution >= 4 is 17.4 Å². The molecule has 0 spiro atoms. The monoisotopic (exact) mass is 418 g/mol. The molecule has 1 saturated heterocycles. The number of pyridine rings is 1. The molecule has 0 atom stereocenters. The summed E-state index contributed by atoms with van der Waals surface area (Å²) in [5.74, 6) is 0.862. The third-order valence-electron chi connectivity index (χ3n) is 5.00. The molecule has 1 aromatic heterocycles. The number of hydrogen-bond donors (Lipinski definition) is 2. The Morgan fingerprint density at radius 1 is 1.00 bits per heavy atom. The number of hydrogen-bond acceptors (Lipinski definition) is 5. The molecular formula is C24H26N4O3. The Morgan fingerprint density at radius 3 is 2.58 bits per heavy atom. The Morgan fingerprint density at radius 2 is 1.81 bits per heavy atom. The molecule has 1 aliphatic rings. The quantitative estimate of drug-likeness (QED) is 0.610. The predicted octanol–water partition coefficient (Wildman–Crippen LogP) is 3.82. The Kier molecular flexibility index (Phi) is 6.97. The summed E-state index contributed by atoms with van der Waals surface area (Å²) in [5.41, 5.74) is 3.79. The van der Waals surface area contributed by atoms with Crippen LogP contribution in [0.5, 0.6) is 5.75 Å². The van der Waals surface area contributed by atoms with Crippen LogP contribution in [0, 0.1) is 0 Å². The van der Waals surface area contributed by atoms with Gasteiger partial charge in [0.05, 0.1) is 18.9 Å². The second kappa shape index (κ2) is 10.4. The van der Waals surface area contributed by atoms with Crippen molar-refractivity contribution in [2.45, 2.75) is 13.2 Å². The molecule has 0 saturated carbocycles. The van der Waals surface area contributed by atoms with Gasteiger partial charge in [-0.2, -0.15) is 0 Å². The number of aromatic nitrogens is 1. The molecule has 3 aromatic rings. The minimum absolute atomic E-state index is 0.257. The molecule has 2 aromatic carbocycles. The van der Waals surface area contributed by atoms with Gasteiger partial charge in [0.15, 0.2) is 0 Å². The van der Waals surface area contributed by atoms with E-state index < -0.39 is 0 Å². The number of urea groups is 1. The van der Waals surface area contributed by atoms with Crippen molar-refractivity contribution in [2.75, 3.05) is 36.5 Å². The zero-order valence-electron chi connectivity index (χ0n) is 17.3. The standard InChI is InChI=1S/C24H26N4O3/c29-24(26-17-20-4-3-11-25-16-20)27-21-9-7-19(8-10-21)18-31-23-6-2-1-5-22(23)28-12-14-30-15-13-28/h1-11,16H,12-15,17-18H2,(H2,26,27,29). The molecule has 0 aliphatic carbocycles. The fourth-order valence-electron chi connectivity index (χ4n) is 3.35. The molecule has 7 heteroatoms. The molecule has 0 unspecified atom stereocenters. The molecule has 1 aliphatic heterocycles. The van der Waals surface area contributed by atoms with Crippen LogP contribution in [0.25, 0.3) is 0 Å². The highest BCUT2D eigenvalue weighted by Crippen LogP contribution is 2.29. The van der Waals surface area contributed by atoms with Crippen molar-refractivity contribution in [3.63, 3.8) is 0 Å². The van der Waals surface area contributed by atoms with E-state index in [0.29, 0.717) is 13.2 Å². The lowest BCUT2D eigenvalue weighted by molar-refractivity contribution is 0.122. The highest BCUT2D eigenvalue weighted by Gasteiger charge is 2.15. The Bertz CT molecular complexity index is 974. The Balaban J connectivity index is 1.29. The summed E-state index contributed by atoms with van der Waals surface area (Å²) >= 11 is 0. The van der Waals surface area contributed by atoms with E-state index in [1.807, 2.05) is 54.6 Å². The number of rotatable bonds is 7. The first-order valence-corrected chi connectivity index (χ1v) is 10.4. The molecule has 4 rings (SSSR count). The summed E-state index contributed by atoms with van der Waals surface area (Å²) < 4.78 is 11.5. The number of nitrogens with zero attached hydrogens (tertiary/aromatic N) is 2. The van der Waals surface area contributed by atoms with Crippen molar-refractivity contribution in [1.29, 1.82) is 0 Å². The summed E-state index contributed by atoms with van der Waals surface area (Å²) in [6.07, 6.45) is 3.43. The van der Waals surface area contributed by atoms with Gasteiger partial charge < -0.3 is 25.0 Å². The van der Waals surface area contributed by atoms with Gasteiger partial charge in [0.25, 0.3) is 0 Å². The van der Waals surface area contributed by atoms with Gasteiger partial charge in [-0.1, -0.05) is 30.3 Å². The average Bonchev–Trinajstić information content (AvgIpc) is 2.84. The number of para-hydroxylation sites is 2. The van der Waals surface area contributed by atoms with Crippen LogP contribution in [0.4, 0.5) is 16.2 Å². The van der Waals surface area contributed by atoms with Gasteiger partial charge in [0.2, 0.25) is 0 Å². The minimum Gasteiger partial charge on any atom is -0.487 e. The van der Waals surface area contributed by atoms with Crippen molar-refractivity contribution in [3.8, 4) is 5.75 Å². The SMILES string of the molecule is O=C(NCc1cccnc1)Nc1ccc(COc2ccccc2N2CCOCC2)cc1. The van der Waals surface area contributed by atoms with Gasteiger partial charge >= 0.3 is 6.03 Å². The van der Waals surface area contributed by atoms with E-state index in [4.69, 9.17) is 9.47 Å². The normalized spacial score (nSPS) is 13.5. The number of morpholine rings is 1. The lowest BCUT2D eigenvalue weighted by Crippen LogP contribution is -2.36. The van der Waals surface area contributed by atoms with Crippen molar-refractivity contribution < 1.29 is 14.3 Å². The summed E-state index contributed by atoms with van der Waals surface area (Å²) in [4.78, 5) is 18.4. The second-order valence-electron chi connectivity index (χ2n) is 7.22. The summed E-state index contributed by atoms with van der Waals surface area (Å²) in [6.45, 7) is 4.08. The van der Waals surface area contributed by atoms with E-state index in [2.05, 4.69) is 26.6 Å². The van der Waals surface area contributed by atoms with Crippen LogP contribution in [0.15, 0.2) is 73.1 Å². The number of nitrogens with one attached hydrogen (secondary N) is 2. The van der Waals surface area contributed by atoms with Crippen molar-refractivity contribution in [3.05, 3.63) is 84.2 Å². The molecule has 1 fully saturated rings. The fraction of sp³-hybridized carbons (Fsp3) is 0.250. The minimum atomic E-state index is -0.257. The Labute approximate surface area is 182 Å². The van der Waals surface area contributed by atoms with Gasteiger partial charge in [-0.3, -0.25) is 4.98 Å². The first-order chi connectivity index (χ1) is 15.3. The maximum absolute atomic E-state index is 12.1. The smallest absolute Gasteiger partial charge is 0.319 e. The number of ether oxygens (including phenoxy) is 2. The van der Waals surface area contributed by atoms with Crippen LogP contribution in [0.2, 0.25) is 0 Å². The highest BCUT2D eigenvalue weighted by atomic mass is 16.5. The molecular weight excluding hydrogens is 392 g/mol. The summed E-state index contributed by atoms with van der Waals surface area (Å²) in [7, 11) is 0. The maximum atomic E-state index is 12.1. The second-order valence-corrected chi connectivity index (χ2v) is 7.22. The van der Waals surface area contributed by atoms with Crippen molar-refractivity contribution in [1.82, 2.24) is 10.3 Å². The molecule has 31 heavy (non-hydrogen) atoms. The third-order valence-corrected chi connectivity index (χ3v) is 5.00. The first-order valence-electron chi connectivity index (χ1n) is 10.4. The summed E-state index contributed by atoms with van der Waals surface area (Å²) in [5, 5.41) is 5.65. The van der Waals surface area contributed by atoms with Crippen LogP contribution < -0.4 is 20.3 Å². The van der Waals surface area contributed by atoms with Gasteiger partial charge in [-0.15, -0.1) is 0 Å². The number of carbonyl (C=O) groups is 1. The lowest BCUT2D eigenvalue weighted by Gasteiger charge is -2.30. The van der Waals surface area contributed by atoms with Crippen LogP contribution in [0.1, 0.15) is 11.1 Å². The number of anilines is 2. The maximum Gasteiger partial charge on any atom is 0.319 e. The van der Waals surface area contributed by atoms with E-state index in [0.717, 1.165) is 54.6 Å². The van der Waals surface area contributed by atoms with E-state index >= 15 is 0 Å². The topological polar surface area (TPSA) is 75.7 Å². The molecule has 0 radical (unpaired) electrons. The molecule has 160 valence electrons. The van der Waals surface area contributed by atoms with Crippen molar-refractivity contribution in [2.24, 2.45) is 0 Å². The first kappa shape index (κ1) is 20.7. The zero-order chi connectivity index (χ0) is 21.3. The van der Waals surface area contributed by atoms with E-state index in [9.17, 15) is 4.79 Å². The van der Waals surface area contributed by atoms with Gasteiger partial charge in [-0.05, 0) is 41.5 Å². The third kappa shape index (κ3) is 5.96. The van der Waals surface area contributed by atoms with Crippen LogP contribution >= 0.6 is 0 Å². The zero-order valence-corrected chi connectivity index (χ0v) is 17.3. The lowest BCUT2D eigenvalue weighted by atomic mass is 10.2. The predicted molar refractivity (Wildman–Crippen MR) is 120 cm³/mol. The molecule has 2 amide bonds. The number of amides is 2. The van der Waals surface area contributed by atoms with E-state index in [-0.39, 0.29) is 6.03 Å². The highest BCUT2D eigenvalue weighted by molar-refractivity contribution is 5.89. The summed E-state index contributed by atoms with van der Waals surface area (Å²) in [6, 6.07) is 19.2. The molecule has 0 bridgehead atoms. The van der Waals surface area contributed by atoms with Crippen LogP contribution in [0.3, 0.4) is 0 Å². The van der Waals surface area contributed by atoms with E-state index in [1.54, 1.807) is 12.4 Å². The Hall–Kier alpha value is -3.58. The average molecular weight is 418 g/mol. The largest absolute Gasteiger partial charge is 0.487 e. The molecule has 2 N–H and O–H groups in total. The van der Waals surface area contributed by atoms with Gasteiger partial charge in [0, 0.05) is 37.7 Å². The number of benzene rings is 2. The molecule has 7 nitrogen and oxygen atoms in total.